The molecule has 0 radical (unpaired) electrons. The molecular weight excluding hydrogens is 572 g/mol. The van der Waals surface area contributed by atoms with Crippen LogP contribution in [0.1, 0.15) is 83.5 Å². The molecule has 1 fully saturated rings. The second-order valence-corrected chi connectivity index (χ2v) is 11.8. The summed E-state index contributed by atoms with van der Waals surface area (Å²) in [6, 6.07) is 22.6. The zero-order valence-electron chi connectivity index (χ0n) is 25.2. The molecule has 3 amide bonds. The van der Waals surface area contributed by atoms with Crippen LogP contribution in [0, 0.1) is 11.8 Å². The molecule has 232 valence electrons. The molecule has 1 heterocycles. The first-order valence-corrected chi connectivity index (χ1v) is 15.6. The number of rotatable bonds is 12. The summed E-state index contributed by atoms with van der Waals surface area (Å²) in [5.74, 6) is -2.60. The molecular formula is C36H36N2O7. The topological polar surface area (TPSA) is 119 Å². The van der Waals surface area contributed by atoms with Crippen molar-refractivity contribution in [1.29, 1.82) is 0 Å². The number of hydrogen-bond acceptors (Lipinski definition) is 7. The predicted molar refractivity (Wildman–Crippen MR) is 165 cm³/mol. The highest BCUT2D eigenvalue weighted by Gasteiger charge is 2.61. The van der Waals surface area contributed by atoms with E-state index in [4.69, 9.17) is 9.47 Å². The first kappa shape index (κ1) is 30.2. The SMILES string of the molecule is CCCOC(=O)c1ccc(NC(=O)COC(=O)CCCCCN2C(=O)[C@@H]3C4c5ccccc5C(c5ccccc54)[C@H]3C2=O)cc1. The van der Waals surface area contributed by atoms with Crippen molar-refractivity contribution < 1.29 is 33.4 Å². The van der Waals surface area contributed by atoms with E-state index < -0.39 is 24.5 Å². The number of carbonyl (C=O) groups excluding carboxylic acids is 5. The van der Waals surface area contributed by atoms with E-state index >= 15 is 0 Å². The first-order chi connectivity index (χ1) is 21.9. The van der Waals surface area contributed by atoms with Crippen LogP contribution in [0.3, 0.4) is 0 Å². The zero-order valence-corrected chi connectivity index (χ0v) is 25.2. The molecule has 2 bridgehead atoms. The zero-order chi connectivity index (χ0) is 31.5. The molecule has 0 spiro atoms. The van der Waals surface area contributed by atoms with Crippen molar-refractivity contribution in [2.24, 2.45) is 11.8 Å². The summed E-state index contributed by atoms with van der Waals surface area (Å²) in [5.41, 5.74) is 5.46. The van der Waals surface area contributed by atoms with Crippen molar-refractivity contribution in [3.05, 3.63) is 101 Å². The number of benzene rings is 3. The number of imide groups is 1. The summed E-state index contributed by atoms with van der Waals surface area (Å²) in [5, 5.41) is 2.63. The van der Waals surface area contributed by atoms with Crippen molar-refractivity contribution >= 4 is 35.3 Å². The molecule has 1 saturated heterocycles. The van der Waals surface area contributed by atoms with Crippen molar-refractivity contribution in [1.82, 2.24) is 4.90 Å². The van der Waals surface area contributed by atoms with Gasteiger partial charge in [0.05, 0.1) is 24.0 Å². The summed E-state index contributed by atoms with van der Waals surface area (Å²) in [6.07, 6.45) is 2.59. The van der Waals surface area contributed by atoms with Gasteiger partial charge in [-0.15, -0.1) is 0 Å². The number of ether oxygens (including phenoxy) is 2. The highest BCUT2D eigenvalue weighted by Crippen LogP contribution is 2.60. The van der Waals surface area contributed by atoms with Crippen LogP contribution in [0.25, 0.3) is 0 Å². The van der Waals surface area contributed by atoms with Gasteiger partial charge in [0, 0.05) is 30.5 Å². The van der Waals surface area contributed by atoms with Crippen molar-refractivity contribution in [2.75, 3.05) is 25.1 Å². The molecule has 4 aliphatic rings. The smallest absolute Gasteiger partial charge is 0.338 e. The van der Waals surface area contributed by atoms with Crippen molar-refractivity contribution in [3.63, 3.8) is 0 Å². The van der Waals surface area contributed by atoms with E-state index in [1.165, 1.54) is 4.90 Å². The highest BCUT2D eigenvalue weighted by atomic mass is 16.5. The van der Waals surface area contributed by atoms with Gasteiger partial charge in [-0.3, -0.25) is 24.1 Å². The third-order valence-corrected chi connectivity index (χ3v) is 9.01. The van der Waals surface area contributed by atoms with Gasteiger partial charge >= 0.3 is 11.9 Å². The minimum Gasteiger partial charge on any atom is -0.462 e. The van der Waals surface area contributed by atoms with Gasteiger partial charge in [-0.1, -0.05) is 61.9 Å². The fourth-order valence-corrected chi connectivity index (χ4v) is 7.06. The van der Waals surface area contributed by atoms with Gasteiger partial charge in [-0.25, -0.2) is 4.79 Å². The molecule has 1 N–H and O–H groups in total. The molecule has 9 nitrogen and oxygen atoms in total. The van der Waals surface area contributed by atoms with Crippen molar-refractivity contribution in [2.45, 2.75) is 50.9 Å². The first-order valence-electron chi connectivity index (χ1n) is 15.6. The van der Waals surface area contributed by atoms with E-state index in [-0.39, 0.29) is 41.9 Å². The number of carbonyl (C=O) groups is 5. The summed E-state index contributed by atoms with van der Waals surface area (Å²) in [6.45, 7) is 2.15. The number of nitrogens with one attached hydrogen (secondary N) is 1. The summed E-state index contributed by atoms with van der Waals surface area (Å²) in [4.78, 5) is 65.1. The average Bonchev–Trinajstić information content (AvgIpc) is 3.32. The number of nitrogens with zero attached hydrogens (tertiary/aromatic N) is 1. The maximum atomic E-state index is 13.7. The lowest BCUT2D eigenvalue weighted by atomic mass is 9.55. The number of likely N-dealkylation sites (tertiary alicyclic amines) is 1. The third-order valence-electron chi connectivity index (χ3n) is 9.01. The minimum absolute atomic E-state index is 0.0968. The normalized spacial score (nSPS) is 20.7. The fraction of sp³-hybridized carbons (Fsp3) is 0.361. The van der Waals surface area contributed by atoms with Crippen LogP contribution in [0.5, 0.6) is 0 Å². The Morgan fingerprint density at radius 3 is 1.82 bits per heavy atom. The number of anilines is 1. The molecule has 3 aromatic carbocycles. The van der Waals surface area contributed by atoms with Crippen LogP contribution in [0.15, 0.2) is 72.8 Å². The molecule has 1 aliphatic heterocycles. The Hall–Kier alpha value is -4.79. The van der Waals surface area contributed by atoms with Gasteiger partial charge in [-0.05, 0) is 65.8 Å². The Balaban J connectivity index is 0.944. The standard InChI is InChI=1S/C36H36N2O7/c1-2-20-44-36(43)22-15-17-23(18-16-22)37-28(39)21-45-29(40)14-4-3-9-19-38-34(41)32-30-24-10-5-6-11-25(24)31(33(32)35(38)42)27-13-8-7-12-26(27)30/h5-8,10-13,15-18,30-33H,2-4,9,14,19-21H2,1H3,(H,37,39)/t30?,31?,32-,33-/m1/s1. The number of unbranched alkanes of at least 4 members (excludes halogenated alkanes) is 2. The summed E-state index contributed by atoms with van der Waals surface area (Å²) in [7, 11) is 0. The van der Waals surface area contributed by atoms with Crippen LogP contribution in [0.2, 0.25) is 0 Å². The monoisotopic (exact) mass is 608 g/mol. The molecule has 0 saturated carbocycles. The maximum Gasteiger partial charge on any atom is 0.338 e. The molecule has 7 rings (SSSR count). The molecule has 3 aliphatic carbocycles. The largest absolute Gasteiger partial charge is 0.462 e. The summed E-state index contributed by atoms with van der Waals surface area (Å²) < 4.78 is 10.2. The Bertz CT molecular complexity index is 1520. The van der Waals surface area contributed by atoms with Gasteiger partial charge in [0.25, 0.3) is 5.91 Å². The lowest BCUT2D eigenvalue weighted by Gasteiger charge is -2.45. The second-order valence-electron chi connectivity index (χ2n) is 11.8. The van der Waals surface area contributed by atoms with Crippen LogP contribution in [0.4, 0.5) is 5.69 Å². The molecule has 9 heteroatoms. The van der Waals surface area contributed by atoms with E-state index in [9.17, 15) is 24.0 Å². The number of hydrogen-bond donors (Lipinski definition) is 1. The lowest BCUT2D eigenvalue weighted by Crippen LogP contribution is -2.41. The summed E-state index contributed by atoms with van der Waals surface area (Å²) >= 11 is 0. The van der Waals surface area contributed by atoms with E-state index in [2.05, 4.69) is 29.6 Å². The molecule has 45 heavy (non-hydrogen) atoms. The van der Waals surface area contributed by atoms with Crippen LogP contribution in [-0.2, 0) is 28.7 Å². The third kappa shape index (κ3) is 5.87. The van der Waals surface area contributed by atoms with Gasteiger partial charge < -0.3 is 14.8 Å². The quantitative estimate of drug-likeness (QED) is 0.171. The fourth-order valence-electron chi connectivity index (χ4n) is 7.06. The second kappa shape index (κ2) is 13.1. The highest BCUT2D eigenvalue weighted by molar-refractivity contribution is 6.07. The van der Waals surface area contributed by atoms with Gasteiger partial charge in [-0.2, -0.15) is 0 Å². The number of esters is 2. The van der Waals surface area contributed by atoms with Gasteiger partial charge in [0.2, 0.25) is 11.8 Å². The van der Waals surface area contributed by atoms with E-state index in [1.54, 1.807) is 24.3 Å². The maximum absolute atomic E-state index is 13.7. The molecule has 3 aromatic rings. The Labute approximate surface area is 261 Å². The minimum atomic E-state index is -0.495. The number of amides is 3. The van der Waals surface area contributed by atoms with Crippen LogP contribution in [-0.4, -0.2) is 54.3 Å². The van der Waals surface area contributed by atoms with Crippen molar-refractivity contribution in [3.8, 4) is 0 Å². The molecule has 0 unspecified atom stereocenters. The Kier molecular flexibility index (Phi) is 8.78. The van der Waals surface area contributed by atoms with E-state index in [1.807, 2.05) is 31.2 Å². The lowest BCUT2D eigenvalue weighted by molar-refractivity contribution is -0.147. The van der Waals surface area contributed by atoms with Crippen LogP contribution < -0.4 is 5.32 Å². The average molecular weight is 609 g/mol. The van der Waals surface area contributed by atoms with Crippen LogP contribution >= 0.6 is 0 Å². The van der Waals surface area contributed by atoms with E-state index in [0.29, 0.717) is 43.7 Å². The Morgan fingerprint density at radius 2 is 1.29 bits per heavy atom. The predicted octanol–water partition coefficient (Wildman–Crippen LogP) is 5.19. The van der Waals surface area contributed by atoms with Gasteiger partial charge in [0.1, 0.15) is 0 Å². The molecule has 2 atom stereocenters. The van der Waals surface area contributed by atoms with E-state index in [0.717, 1.165) is 28.7 Å². The van der Waals surface area contributed by atoms with Gasteiger partial charge in [0.15, 0.2) is 6.61 Å². The molecule has 0 aromatic heterocycles. The Morgan fingerprint density at radius 1 is 0.733 bits per heavy atom.